The largest absolute Gasteiger partial charge is 0.266 e. The van der Waals surface area contributed by atoms with Crippen LogP contribution < -0.4 is 0 Å². The van der Waals surface area contributed by atoms with Crippen molar-refractivity contribution in [2.45, 2.75) is 65.3 Å². The number of nitrogens with zero attached hydrogens (tertiary/aromatic N) is 2. The van der Waals surface area contributed by atoms with Gasteiger partial charge in [-0.2, -0.15) is 5.10 Å². The first kappa shape index (κ1) is 11.7. The van der Waals surface area contributed by atoms with E-state index in [9.17, 15) is 0 Å². The molecule has 1 saturated carbocycles. The molecule has 2 heteroatoms. The summed E-state index contributed by atoms with van der Waals surface area (Å²) in [5, 5.41) is 4.77. The molecular formula is C14H24N2. The first-order valence-electron chi connectivity index (χ1n) is 6.81. The van der Waals surface area contributed by atoms with Crippen molar-refractivity contribution in [3.05, 3.63) is 17.5 Å². The minimum Gasteiger partial charge on any atom is -0.266 e. The van der Waals surface area contributed by atoms with Crippen molar-refractivity contribution >= 4 is 0 Å². The Balaban J connectivity index is 2.20. The molecule has 0 spiro atoms. The molecule has 0 N–H and O–H groups in total. The molecule has 0 bridgehead atoms. The lowest BCUT2D eigenvalue weighted by molar-refractivity contribution is 0.261. The lowest BCUT2D eigenvalue weighted by atomic mass is 9.87. The normalized spacial score (nSPS) is 25.9. The van der Waals surface area contributed by atoms with Gasteiger partial charge in [0, 0.05) is 5.69 Å². The highest BCUT2D eigenvalue weighted by Crippen LogP contribution is 2.32. The van der Waals surface area contributed by atoms with Crippen molar-refractivity contribution in [3.63, 3.8) is 0 Å². The van der Waals surface area contributed by atoms with Crippen LogP contribution in [-0.4, -0.2) is 9.78 Å². The molecule has 0 aromatic carbocycles. The molecule has 2 unspecified atom stereocenters. The van der Waals surface area contributed by atoms with E-state index in [1.165, 1.54) is 37.1 Å². The minimum atomic E-state index is 0.666. The highest BCUT2D eigenvalue weighted by molar-refractivity contribution is 5.11. The van der Waals surface area contributed by atoms with Crippen LogP contribution in [0, 0.1) is 5.92 Å². The third-order valence-corrected chi connectivity index (χ3v) is 3.84. The fraction of sp³-hybridized carbons (Fsp3) is 0.786. The lowest BCUT2D eigenvalue weighted by Crippen LogP contribution is -2.20. The second kappa shape index (κ2) is 5.03. The van der Waals surface area contributed by atoms with Crippen LogP contribution in [0.15, 0.2) is 6.07 Å². The summed E-state index contributed by atoms with van der Waals surface area (Å²) in [4.78, 5) is 0. The molecule has 1 aromatic rings. The van der Waals surface area contributed by atoms with Crippen LogP contribution in [0.2, 0.25) is 0 Å². The zero-order chi connectivity index (χ0) is 11.5. The summed E-state index contributed by atoms with van der Waals surface area (Å²) in [5.41, 5.74) is 2.69. The number of hydrogen-bond acceptors (Lipinski definition) is 1. The molecule has 16 heavy (non-hydrogen) atoms. The van der Waals surface area contributed by atoms with E-state index in [2.05, 4.69) is 31.5 Å². The third-order valence-electron chi connectivity index (χ3n) is 3.84. The van der Waals surface area contributed by atoms with Crippen LogP contribution in [-0.2, 0) is 12.8 Å². The first-order valence-corrected chi connectivity index (χ1v) is 6.81. The maximum absolute atomic E-state index is 4.77. The fourth-order valence-corrected chi connectivity index (χ4v) is 2.87. The van der Waals surface area contributed by atoms with Crippen molar-refractivity contribution in [2.75, 3.05) is 0 Å². The van der Waals surface area contributed by atoms with Gasteiger partial charge < -0.3 is 0 Å². The van der Waals surface area contributed by atoms with E-state index in [-0.39, 0.29) is 0 Å². The summed E-state index contributed by atoms with van der Waals surface area (Å²) >= 11 is 0. The summed E-state index contributed by atoms with van der Waals surface area (Å²) in [6.45, 7) is 6.80. The number of aromatic nitrogens is 2. The van der Waals surface area contributed by atoms with Crippen LogP contribution in [0.3, 0.4) is 0 Å². The smallest absolute Gasteiger partial charge is 0.0624 e. The van der Waals surface area contributed by atoms with Gasteiger partial charge in [0.15, 0.2) is 0 Å². The summed E-state index contributed by atoms with van der Waals surface area (Å²) < 4.78 is 2.33. The molecule has 2 rings (SSSR count). The van der Waals surface area contributed by atoms with Gasteiger partial charge in [-0.1, -0.05) is 33.6 Å². The van der Waals surface area contributed by atoms with Crippen molar-refractivity contribution in [2.24, 2.45) is 5.92 Å². The third kappa shape index (κ3) is 2.31. The first-order chi connectivity index (χ1) is 7.74. The monoisotopic (exact) mass is 220 g/mol. The molecular weight excluding hydrogens is 196 g/mol. The van der Waals surface area contributed by atoms with Crippen LogP contribution >= 0.6 is 0 Å². The standard InChI is InChI=1S/C14H24N2/c1-4-12-10-13(5-2)16(15-12)14-8-6-7-11(3)9-14/h10-11,14H,4-9H2,1-3H3. The summed E-state index contributed by atoms with van der Waals surface area (Å²) in [7, 11) is 0. The molecule has 0 amide bonds. The molecule has 2 atom stereocenters. The van der Waals surface area contributed by atoms with Crippen LogP contribution in [0.1, 0.15) is 63.9 Å². The molecule has 1 aliphatic carbocycles. The van der Waals surface area contributed by atoms with Gasteiger partial charge in [0.1, 0.15) is 0 Å². The van der Waals surface area contributed by atoms with Crippen LogP contribution in [0.4, 0.5) is 0 Å². The van der Waals surface area contributed by atoms with Crippen LogP contribution in [0.25, 0.3) is 0 Å². The number of aryl methyl sites for hydroxylation is 2. The lowest BCUT2D eigenvalue weighted by Gasteiger charge is -2.28. The van der Waals surface area contributed by atoms with E-state index >= 15 is 0 Å². The van der Waals surface area contributed by atoms with Gasteiger partial charge in [0.2, 0.25) is 0 Å². The van der Waals surface area contributed by atoms with E-state index in [0.717, 1.165) is 18.8 Å². The minimum absolute atomic E-state index is 0.666. The van der Waals surface area contributed by atoms with Crippen molar-refractivity contribution in [1.82, 2.24) is 9.78 Å². The Morgan fingerprint density at radius 3 is 2.75 bits per heavy atom. The second-order valence-corrected chi connectivity index (χ2v) is 5.20. The predicted molar refractivity (Wildman–Crippen MR) is 67.7 cm³/mol. The topological polar surface area (TPSA) is 17.8 Å². The Hall–Kier alpha value is -0.790. The Morgan fingerprint density at radius 2 is 2.12 bits per heavy atom. The quantitative estimate of drug-likeness (QED) is 0.758. The van der Waals surface area contributed by atoms with Crippen molar-refractivity contribution < 1.29 is 0 Å². The fourth-order valence-electron chi connectivity index (χ4n) is 2.87. The Bertz CT molecular complexity index is 341. The van der Waals surface area contributed by atoms with Gasteiger partial charge >= 0.3 is 0 Å². The molecule has 0 saturated heterocycles. The van der Waals surface area contributed by atoms with E-state index < -0.39 is 0 Å². The van der Waals surface area contributed by atoms with Crippen molar-refractivity contribution in [3.8, 4) is 0 Å². The summed E-state index contributed by atoms with van der Waals surface area (Å²) in [5.74, 6) is 0.873. The predicted octanol–water partition coefficient (Wildman–Crippen LogP) is 3.76. The van der Waals surface area contributed by atoms with Gasteiger partial charge in [-0.05, 0) is 37.7 Å². The molecule has 1 aliphatic rings. The molecule has 0 radical (unpaired) electrons. The average Bonchev–Trinajstić information content (AvgIpc) is 2.72. The highest BCUT2D eigenvalue weighted by atomic mass is 15.3. The Labute approximate surface area is 99.0 Å². The maximum Gasteiger partial charge on any atom is 0.0624 e. The van der Waals surface area contributed by atoms with Gasteiger partial charge in [0.05, 0.1) is 11.7 Å². The van der Waals surface area contributed by atoms with Gasteiger partial charge in [0.25, 0.3) is 0 Å². The van der Waals surface area contributed by atoms with Gasteiger partial charge in [-0.25, -0.2) is 0 Å². The molecule has 1 heterocycles. The van der Waals surface area contributed by atoms with Gasteiger partial charge in [-0.15, -0.1) is 0 Å². The SMILES string of the molecule is CCc1cc(CC)n(C2CCCC(C)C2)n1. The molecule has 2 nitrogen and oxygen atoms in total. The van der Waals surface area contributed by atoms with Crippen LogP contribution in [0.5, 0.6) is 0 Å². The zero-order valence-corrected chi connectivity index (χ0v) is 10.9. The van der Waals surface area contributed by atoms with Gasteiger partial charge in [-0.3, -0.25) is 4.68 Å². The Kier molecular flexibility index (Phi) is 3.67. The molecule has 0 aliphatic heterocycles. The summed E-state index contributed by atoms with van der Waals surface area (Å²) in [6, 6.07) is 2.96. The van der Waals surface area contributed by atoms with E-state index in [0.29, 0.717) is 6.04 Å². The van der Waals surface area contributed by atoms with E-state index in [4.69, 9.17) is 5.10 Å². The second-order valence-electron chi connectivity index (χ2n) is 5.20. The van der Waals surface area contributed by atoms with E-state index in [1.807, 2.05) is 0 Å². The average molecular weight is 220 g/mol. The number of hydrogen-bond donors (Lipinski definition) is 0. The van der Waals surface area contributed by atoms with Crippen molar-refractivity contribution in [1.29, 1.82) is 0 Å². The molecule has 90 valence electrons. The molecule has 1 fully saturated rings. The molecule has 1 aromatic heterocycles. The summed E-state index contributed by atoms with van der Waals surface area (Å²) in [6.07, 6.45) is 7.58. The zero-order valence-electron chi connectivity index (χ0n) is 10.9. The number of rotatable bonds is 3. The van der Waals surface area contributed by atoms with E-state index in [1.54, 1.807) is 0 Å². The Morgan fingerprint density at radius 1 is 1.31 bits per heavy atom. The highest BCUT2D eigenvalue weighted by Gasteiger charge is 2.22. The maximum atomic E-state index is 4.77.